The summed E-state index contributed by atoms with van der Waals surface area (Å²) in [5.74, 6) is 1.23. The average Bonchev–Trinajstić information content (AvgIpc) is 2.95. The van der Waals surface area contributed by atoms with Gasteiger partial charge in [-0.15, -0.1) is 21.5 Å². The third-order valence-corrected chi connectivity index (χ3v) is 3.08. The summed E-state index contributed by atoms with van der Waals surface area (Å²) in [7, 11) is 0. The molecule has 3 aromatic rings. The Hall–Kier alpha value is -1.80. The molecule has 17 heavy (non-hydrogen) atoms. The zero-order valence-corrected chi connectivity index (χ0v) is 9.96. The molecule has 9 heteroatoms. The zero-order valence-electron chi connectivity index (χ0n) is 8.38. The van der Waals surface area contributed by atoms with Gasteiger partial charge in [0, 0.05) is 0 Å². The van der Waals surface area contributed by atoms with E-state index < -0.39 is 0 Å². The van der Waals surface area contributed by atoms with Gasteiger partial charge in [-0.1, -0.05) is 5.21 Å². The van der Waals surface area contributed by atoms with Crippen LogP contribution < -0.4 is 5.32 Å². The van der Waals surface area contributed by atoms with Gasteiger partial charge in [-0.25, -0.2) is 9.97 Å². The fourth-order valence-electron chi connectivity index (χ4n) is 1.38. The van der Waals surface area contributed by atoms with Crippen LogP contribution in [0.25, 0.3) is 10.2 Å². The first kappa shape index (κ1) is 10.4. The molecule has 0 aromatic carbocycles. The van der Waals surface area contributed by atoms with Gasteiger partial charge >= 0.3 is 0 Å². The van der Waals surface area contributed by atoms with E-state index >= 15 is 0 Å². The molecule has 86 valence electrons. The summed E-state index contributed by atoms with van der Waals surface area (Å²) in [6.45, 7) is 0.425. The first-order valence-electron chi connectivity index (χ1n) is 4.70. The van der Waals surface area contributed by atoms with Crippen LogP contribution in [0.4, 0.5) is 5.82 Å². The molecule has 0 radical (unpaired) electrons. The lowest BCUT2D eigenvalue weighted by Crippen LogP contribution is -2.04. The van der Waals surface area contributed by atoms with Gasteiger partial charge in [0.2, 0.25) is 5.28 Å². The summed E-state index contributed by atoms with van der Waals surface area (Å²) in [4.78, 5) is 9.11. The van der Waals surface area contributed by atoms with E-state index in [0.717, 1.165) is 10.2 Å². The number of H-pyrrole nitrogens is 1. The van der Waals surface area contributed by atoms with Gasteiger partial charge in [-0.2, -0.15) is 5.21 Å². The number of aromatic amines is 1. The third kappa shape index (κ3) is 2.04. The van der Waals surface area contributed by atoms with Crippen LogP contribution in [-0.2, 0) is 6.54 Å². The Morgan fingerprint density at radius 1 is 1.41 bits per heavy atom. The minimum Gasteiger partial charge on any atom is -0.362 e. The quantitative estimate of drug-likeness (QED) is 0.698. The fourth-order valence-corrected chi connectivity index (χ4v) is 2.37. The maximum atomic E-state index is 5.84. The highest BCUT2D eigenvalue weighted by Gasteiger charge is 2.08. The van der Waals surface area contributed by atoms with Crippen molar-refractivity contribution in [3.05, 3.63) is 22.6 Å². The number of tetrazole rings is 1. The first-order valence-corrected chi connectivity index (χ1v) is 5.95. The van der Waals surface area contributed by atoms with Crippen LogP contribution in [0.1, 0.15) is 5.82 Å². The lowest BCUT2D eigenvalue weighted by molar-refractivity contribution is 0.881. The third-order valence-electron chi connectivity index (χ3n) is 2.10. The number of hydrogen-bond acceptors (Lipinski definition) is 7. The lowest BCUT2D eigenvalue weighted by atomic mass is 10.4. The van der Waals surface area contributed by atoms with Crippen LogP contribution >= 0.6 is 22.9 Å². The smallest absolute Gasteiger partial charge is 0.225 e. The van der Waals surface area contributed by atoms with Crippen LogP contribution in [0.2, 0.25) is 5.28 Å². The molecule has 0 fully saturated rings. The van der Waals surface area contributed by atoms with E-state index in [1.807, 2.05) is 11.4 Å². The highest BCUT2D eigenvalue weighted by Crippen LogP contribution is 2.26. The topological polar surface area (TPSA) is 92.3 Å². The second-order valence-electron chi connectivity index (χ2n) is 3.16. The molecule has 0 atom stereocenters. The van der Waals surface area contributed by atoms with Crippen molar-refractivity contribution >= 4 is 39.0 Å². The molecule has 0 aliphatic heterocycles. The highest BCUT2D eigenvalue weighted by molar-refractivity contribution is 7.16. The van der Waals surface area contributed by atoms with E-state index in [2.05, 4.69) is 35.9 Å². The van der Waals surface area contributed by atoms with Gasteiger partial charge in [0.1, 0.15) is 10.6 Å². The second kappa shape index (κ2) is 4.22. The van der Waals surface area contributed by atoms with Crippen molar-refractivity contribution in [1.29, 1.82) is 0 Å². The van der Waals surface area contributed by atoms with E-state index in [1.165, 1.54) is 11.3 Å². The average molecular weight is 268 g/mol. The van der Waals surface area contributed by atoms with Crippen molar-refractivity contribution in [2.45, 2.75) is 6.54 Å². The van der Waals surface area contributed by atoms with Gasteiger partial charge in [0.05, 0.1) is 11.9 Å². The van der Waals surface area contributed by atoms with Gasteiger partial charge < -0.3 is 5.32 Å². The Bertz CT molecular complexity index is 634. The lowest BCUT2D eigenvalue weighted by Gasteiger charge is -2.04. The summed E-state index contributed by atoms with van der Waals surface area (Å²) in [6.07, 6.45) is 0. The summed E-state index contributed by atoms with van der Waals surface area (Å²) in [5.41, 5.74) is 0. The van der Waals surface area contributed by atoms with Crippen molar-refractivity contribution in [2.75, 3.05) is 5.32 Å². The van der Waals surface area contributed by atoms with E-state index in [0.29, 0.717) is 18.2 Å². The summed E-state index contributed by atoms with van der Waals surface area (Å²) in [5, 5.41) is 19.7. The molecular weight excluding hydrogens is 262 g/mol. The van der Waals surface area contributed by atoms with E-state index in [-0.39, 0.29) is 5.28 Å². The highest BCUT2D eigenvalue weighted by atomic mass is 35.5. The number of rotatable bonds is 3. The monoisotopic (exact) mass is 267 g/mol. The fraction of sp³-hybridized carbons (Fsp3) is 0.125. The molecule has 3 rings (SSSR count). The SMILES string of the molecule is Clc1nc(NCc2nn[nH]n2)c2ccsc2n1. The molecule has 3 aromatic heterocycles. The van der Waals surface area contributed by atoms with Crippen LogP contribution in [-0.4, -0.2) is 30.6 Å². The number of hydrogen-bond donors (Lipinski definition) is 2. The predicted molar refractivity (Wildman–Crippen MR) is 63.9 cm³/mol. The number of fused-ring (bicyclic) bond motifs is 1. The Kier molecular flexibility index (Phi) is 2.57. The van der Waals surface area contributed by atoms with Crippen molar-refractivity contribution in [1.82, 2.24) is 30.6 Å². The van der Waals surface area contributed by atoms with Gasteiger partial charge in [0.25, 0.3) is 0 Å². The zero-order chi connectivity index (χ0) is 11.7. The molecule has 2 N–H and O–H groups in total. The van der Waals surface area contributed by atoms with Crippen LogP contribution in [0, 0.1) is 0 Å². The van der Waals surface area contributed by atoms with Crippen molar-refractivity contribution < 1.29 is 0 Å². The van der Waals surface area contributed by atoms with Gasteiger partial charge in [-0.3, -0.25) is 0 Å². The molecule has 0 spiro atoms. The van der Waals surface area contributed by atoms with Crippen LogP contribution in [0.15, 0.2) is 11.4 Å². The molecular formula is C8H6ClN7S. The minimum atomic E-state index is 0.218. The Morgan fingerprint density at radius 2 is 2.35 bits per heavy atom. The standard InChI is InChI=1S/C8H6ClN7S/c9-8-11-6(4-1-2-17-7(4)12-8)10-3-5-13-15-16-14-5/h1-2H,3H2,(H,10,11,12)(H,13,14,15,16). The molecule has 3 heterocycles. The summed E-state index contributed by atoms with van der Waals surface area (Å²) in [6, 6.07) is 1.94. The number of halogens is 1. The molecule has 0 amide bonds. The minimum absolute atomic E-state index is 0.218. The molecule has 0 aliphatic rings. The maximum Gasteiger partial charge on any atom is 0.225 e. The largest absolute Gasteiger partial charge is 0.362 e. The van der Waals surface area contributed by atoms with E-state index in [1.54, 1.807) is 0 Å². The van der Waals surface area contributed by atoms with Gasteiger partial charge in [0.15, 0.2) is 5.82 Å². The van der Waals surface area contributed by atoms with Crippen LogP contribution in [0.3, 0.4) is 0 Å². The predicted octanol–water partition coefficient (Wildman–Crippen LogP) is 1.47. The van der Waals surface area contributed by atoms with Crippen molar-refractivity contribution in [2.24, 2.45) is 0 Å². The molecule has 0 saturated heterocycles. The molecule has 0 bridgehead atoms. The second-order valence-corrected chi connectivity index (χ2v) is 4.39. The number of aromatic nitrogens is 6. The Balaban J connectivity index is 1.91. The molecule has 0 unspecified atom stereocenters. The molecule has 0 saturated carbocycles. The summed E-state index contributed by atoms with van der Waals surface area (Å²) < 4.78 is 0. The maximum absolute atomic E-state index is 5.84. The van der Waals surface area contributed by atoms with E-state index in [9.17, 15) is 0 Å². The Labute approximate surface area is 104 Å². The van der Waals surface area contributed by atoms with Gasteiger partial charge in [-0.05, 0) is 23.0 Å². The molecule has 0 aliphatic carbocycles. The normalized spacial score (nSPS) is 10.9. The first-order chi connectivity index (χ1) is 8.33. The van der Waals surface area contributed by atoms with E-state index in [4.69, 9.17) is 11.6 Å². The Morgan fingerprint density at radius 3 is 3.18 bits per heavy atom. The molecule has 7 nitrogen and oxygen atoms in total. The van der Waals surface area contributed by atoms with Crippen molar-refractivity contribution in [3.63, 3.8) is 0 Å². The number of nitrogens with zero attached hydrogens (tertiary/aromatic N) is 5. The number of thiophene rings is 1. The summed E-state index contributed by atoms with van der Waals surface area (Å²) >= 11 is 7.35. The van der Waals surface area contributed by atoms with Crippen LogP contribution in [0.5, 0.6) is 0 Å². The number of nitrogens with one attached hydrogen (secondary N) is 2. The number of anilines is 1. The van der Waals surface area contributed by atoms with Crippen molar-refractivity contribution in [3.8, 4) is 0 Å².